The molecule has 1 aromatic rings. The number of hydrogen-bond donors (Lipinski definition) is 2. The Bertz CT molecular complexity index is 585. The Hall–Kier alpha value is -2.57. The smallest absolute Gasteiger partial charge is 0.335 e. The number of nitrogens with zero attached hydrogens (tertiary/aromatic N) is 1. The fraction of sp³-hybridized carbons (Fsp3) is 0.357. The normalized spacial score (nSPS) is 13.3. The summed E-state index contributed by atoms with van der Waals surface area (Å²) >= 11 is 0. The van der Waals surface area contributed by atoms with Gasteiger partial charge in [0.15, 0.2) is 0 Å². The van der Waals surface area contributed by atoms with E-state index in [1.165, 1.54) is 18.1 Å². The number of esters is 1. The number of nitrogens with one attached hydrogen (secondary N) is 1. The van der Waals surface area contributed by atoms with Crippen LogP contribution in [-0.2, 0) is 16.0 Å². The molecule has 0 radical (unpaired) electrons. The third kappa shape index (κ3) is 3.31. The molecule has 1 heterocycles. The van der Waals surface area contributed by atoms with E-state index in [0.717, 1.165) is 18.4 Å². The van der Waals surface area contributed by atoms with Crippen LogP contribution < -0.4 is 10.2 Å². The number of benzene rings is 1. The fourth-order valence-corrected chi connectivity index (χ4v) is 2.26. The summed E-state index contributed by atoms with van der Waals surface area (Å²) in [5.74, 6) is -1.52. The van der Waals surface area contributed by atoms with E-state index in [-0.39, 0.29) is 12.1 Å². The second kappa shape index (κ2) is 6.25. The highest BCUT2D eigenvalue weighted by Crippen LogP contribution is 2.28. The van der Waals surface area contributed by atoms with Crippen molar-refractivity contribution < 1.29 is 24.2 Å². The van der Waals surface area contributed by atoms with Crippen LogP contribution in [0.3, 0.4) is 0 Å². The molecule has 2 amide bonds. The topological polar surface area (TPSA) is 95.9 Å². The molecule has 21 heavy (non-hydrogen) atoms. The van der Waals surface area contributed by atoms with Gasteiger partial charge in [-0.15, -0.1) is 0 Å². The lowest BCUT2D eigenvalue weighted by Crippen LogP contribution is -2.44. The number of carbonyl (C=O) groups excluding carboxylic acids is 2. The van der Waals surface area contributed by atoms with Crippen LogP contribution in [0, 0.1) is 0 Å². The number of methoxy groups -OCH3 is 1. The van der Waals surface area contributed by atoms with Gasteiger partial charge in [-0.3, -0.25) is 9.69 Å². The zero-order chi connectivity index (χ0) is 15.4. The number of hydrogen-bond acceptors (Lipinski definition) is 4. The number of anilines is 1. The summed E-state index contributed by atoms with van der Waals surface area (Å²) in [6, 6.07) is 4.27. The molecule has 0 unspecified atom stereocenters. The van der Waals surface area contributed by atoms with Crippen LogP contribution in [0.15, 0.2) is 18.2 Å². The molecule has 7 nitrogen and oxygen atoms in total. The van der Waals surface area contributed by atoms with E-state index in [9.17, 15) is 14.4 Å². The molecule has 0 atom stereocenters. The number of fused-ring (bicyclic) bond motifs is 1. The van der Waals surface area contributed by atoms with E-state index in [1.54, 1.807) is 12.1 Å². The summed E-state index contributed by atoms with van der Waals surface area (Å²) in [5.41, 5.74) is 1.69. The highest BCUT2D eigenvalue weighted by atomic mass is 16.5. The maximum absolute atomic E-state index is 12.1. The molecule has 0 aromatic heterocycles. The zero-order valence-corrected chi connectivity index (χ0v) is 11.6. The van der Waals surface area contributed by atoms with Gasteiger partial charge in [0.1, 0.15) is 6.54 Å². The maximum Gasteiger partial charge on any atom is 0.335 e. The molecule has 7 heteroatoms. The average molecular weight is 292 g/mol. The molecule has 2 N–H and O–H groups in total. The number of rotatable bonds is 3. The van der Waals surface area contributed by atoms with E-state index >= 15 is 0 Å². The lowest BCUT2D eigenvalue weighted by atomic mass is 9.99. The monoisotopic (exact) mass is 292 g/mol. The van der Waals surface area contributed by atoms with Crippen LogP contribution in [0.4, 0.5) is 10.5 Å². The number of carboxylic acid groups (broad SMARTS) is 1. The summed E-state index contributed by atoms with van der Waals surface area (Å²) in [6.07, 6.45) is 1.46. The van der Waals surface area contributed by atoms with Gasteiger partial charge < -0.3 is 15.2 Å². The van der Waals surface area contributed by atoms with Crippen molar-refractivity contribution in [3.05, 3.63) is 29.3 Å². The van der Waals surface area contributed by atoms with Crippen molar-refractivity contribution in [2.24, 2.45) is 0 Å². The van der Waals surface area contributed by atoms with Gasteiger partial charge >= 0.3 is 18.0 Å². The molecule has 1 aliphatic rings. The first kappa shape index (κ1) is 14.8. The van der Waals surface area contributed by atoms with E-state index in [1.807, 2.05) is 0 Å². The van der Waals surface area contributed by atoms with Crippen molar-refractivity contribution in [1.29, 1.82) is 0 Å². The van der Waals surface area contributed by atoms with Crippen molar-refractivity contribution in [1.82, 2.24) is 5.32 Å². The average Bonchev–Trinajstić information content (AvgIpc) is 2.50. The highest BCUT2D eigenvalue weighted by Gasteiger charge is 2.23. The third-order valence-electron chi connectivity index (χ3n) is 3.30. The van der Waals surface area contributed by atoms with Gasteiger partial charge in [0.25, 0.3) is 0 Å². The second-order valence-electron chi connectivity index (χ2n) is 4.64. The van der Waals surface area contributed by atoms with Crippen molar-refractivity contribution >= 4 is 23.7 Å². The van der Waals surface area contributed by atoms with Crippen LogP contribution in [-0.4, -0.2) is 43.3 Å². The summed E-state index contributed by atoms with van der Waals surface area (Å²) in [5, 5.41) is 11.5. The molecule has 1 aromatic carbocycles. The Morgan fingerprint density at radius 1 is 1.38 bits per heavy atom. The minimum Gasteiger partial charge on any atom is -0.478 e. The quantitative estimate of drug-likeness (QED) is 0.811. The van der Waals surface area contributed by atoms with Crippen molar-refractivity contribution in [2.45, 2.75) is 12.8 Å². The lowest BCUT2D eigenvalue weighted by molar-refractivity contribution is -0.139. The molecule has 0 bridgehead atoms. The molecule has 0 fully saturated rings. The number of aryl methyl sites for hydroxylation is 1. The third-order valence-corrected chi connectivity index (χ3v) is 3.30. The first-order valence-electron chi connectivity index (χ1n) is 6.51. The van der Waals surface area contributed by atoms with Crippen LogP contribution in [0.2, 0.25) is 0 Å². The molecular formula is C14H16N2O5. The SMILES string of the molecule is COC(=O)CNC(=O)N1CCCc2cc(C(=O)O)ccc21. The van der Waals surface area contributed by atoms with Gasteiger partial charge in [0, 0.05) is 12.2 Å². The number of aromatic carboxylic acids is 1. The van der Waals surface area contributed by atoms with Crippen LogP contribution >= 0.6 is 0 Å². The van der Waals surface area contributed by atoms with Gasteiger partial charge in [-0.2, -0.15) is 0 Å². The number of carboxylic acids is 1. The first-order valence-corrected chi connectivity index (χ1v) is 6.51. The van der Waals surface area contributed by atoms with Gasteiger partial charge in [-0.05, 0) is 36.6 Å². The Balaban J connectivity index is 2.16. The van der Waals surface area contributed by atoms with Crippen molar-refractivity contribution in [3.63, 3.8) is 0 Å². The minimum absolute atomic E-state index is 0.200. The number of ether oxygens (including phenoxy) is 1. The van der Waals surface area contributed by atoms with Crippen molar-refractivity contribution in [2.75, 3.05) is 25.1 Å². The van der Waals surface area contributed by atoms with E-state index in [0.29, 0.717) is 12.2 Å². The Kier molecular flexibility index (Phi) is 4.42. The summed E-state index contributed by atoms with van der Waals surface area (Å²) < 4.78 is 4.46. The number of amides is 2. The molecule has 2 rings (SSSR count). The molecule has 0 spiro atoms. The molecule has 112 valence electrons. The Morgan fingerprint density at radius 2 is 2.14 bits per heavy atom. The van der Waals surface area contributed by atoms with E-state index in [2.05, 4.69) is 10.1 Å². The van der Waals surface area contributed by atoms with E-state index in [4.69, 9.17) is 5.11 Å². The molecular weight excluding hydrogens is 276 g/mol. The zero-order valence-electron chi connectivity index (χ0n) is 11.6. The van der Waals surface area contributed by atoms with Gasteiger partial charge in [0.2, 0.25) is 0 Å². The fourth-order valence-electron chi connectivity index (χ4n) is 2.26. The first-order chi connectivity index (χ1) is 10.0. The lowest BCUT2D eigenvalue weighted by Gasteiger charge is -2.29. The van der Waals surface area contributed by atoms with Crippen molar-refractivity contribution in [3.8, 4) is 0 Å². The predicted molar refractivity (Wildman–Crippen MR) is 74.5 cm³/mol. The molecule has 0 saturated heterocycles. The number of carbonyl (C=O) groups is 3. The second-order valence-corrected chi connectivity index (χ2v) is 4.64. The van der Waals surface area contributed by atoms with Gasteiger partial charge in [-0.25, -0.2) is 9.59 Å². The minimum atomic E-state index is -0.995. The van der Waals surface area contributed by atoms with Crippen LogP contribution in [0.5, 0.6) is 0 Å². The Labute approximate surface area is 121 Å². The maximum atomic E-state index is 12.1. The van der Waals surface area contributed by atoms with Crippen LogP contribution in [0.25, 0.3) is 0 Å². The predicted octanol–water partition coefficient (Wildman–Crippen LogP) is 1.02. The number of urea groups is 1. The van der Waals surface area contributed by atoms with Crippen LogP contribution in [0.1, 0.15) is 22.3 Å². The Morgan fingerprint density at radius 3 is 2.81 bits per heavy atom. The van der Waals surface area contributed by atoms with E-state index < -0.39 is 18.0 Å². The highest BCUT2D eigenvalue weighted by molar-refractivity contribution is 5.96. The molecule has 0 saturated carbocycles. The largest absolute Gasteiger partial charge is 0.478 e. The van der Waals surface area contributed by atoms with Gasteiger partial charge in [-0.1, -0.05) is 0 Å². The van der Waals surface area contributed by atoms with Gasteiger partial charge in [0.05, 0.1) is 12.7 Å². The molecule has 1 aliphatic heterocycles. The summed E-state index contributed by atoms with van der Waals surface area (Å²) in [6.45, 7) is 0.320. The summed E-state index contributed by atoms with van der Waals surface area (Å²) in [7, 11) is 1.25. The molecule has 0 aliphatic carbocycles. The summed E-state index contributed by atoms with van der Waals surface area (Å²) in [4.78, 5) is 35.6. The standard InChI is InChI=1S/C14H16N2O5/c1-21-12(17)8-15-14(20)16-6-2-3-9-7-10(13(18)19)4-5-11(9)16/h4-5,7H,2-3,6,8H2,1H3,(H,15,20)(H,18,19).